The van der Waals surface area contributed by atoms with Crippen LogP contribution in [0.4, 0.5) is 5.69 Å². The molecule has 7 nitrogen and oxygen atoms in total. The average molecular weight is 418 g/mol. The standard InChI is InChI=1S/C10H9N.C8H10AsNO5/c11-7-8-2-1-3-10(6-8)9-4-5-9;1-6(11)10-8-4-2-7(3-5-8)9(12,13)15-14/h1-3,6,9H,4-5H2;2-5,14H,1H3,(H,10,11)(H,12,13). The number of rotatable bonds is 4. The first-order valence-electron chi connectivity index (χ1n) is 7.90. The van der Waals surface area contributed by atoms with Gasteiger partial charge in [-0.15, -0.1) is 0 Å². The molecule has 1 amide bonds. The SMILES string of the molecule is CC(=O)Nc1ccc([As](=O)(O)OO)cc1.N#Cc1cccc(C2CC2)c1. The van der Waals surface area contributed by atoms with E-state index in [4.69, 9.17) is 14.6 Å². The smallest absolute Gasteiger partial charge is 0.0991 e. The summed E-state index contributed by atoms with van der Waals surface area (Å²) in [6.45, 7) is 1.35. The van der Waals surface area contributed by atoms with Gasteiger partial charge in [0.05, 0.1) is 11.6 Å². The van der Waals surface area contributed by atoms with Gasteiger partial charge in [-0.2, -0.15) is 5.26 Å². The van der Waals surface area contributed by atoms with Gasteiger partial charge in [-0.1, -0.05) is 12.1 Å². The molecular weight excluding hydrogens is 399 g/mol. The second kappa shape index (κ2) is 8.83. The quantitative estimate of drug-likeness (QED) is 0.398. The fourth-order valence-corrected chi connectivity index (χ4v) is 3.56. The summed E-state index contributed by atoms with van der Waals surface area (Å²) in [5.41, 5.74) is 2.62. The van der Waals surface area contributed by atoms with Crippen molar-refractivity contribution in [1.82, 2.24) is 0 Å². The number of carbonyl (C=O) groups is 1. The van der Waals surface area contributed by atoms with E-state index >= 15 is 0 Å². The van der Waals surface area contributed by atoms with Crippen LogP contribution in [0.3, 0.4) is 0 Å². The first-order valence-corrected chi connectivity index (χ1v) is 11.2. The summed E-state index contributed by atoms with van der Waals surface area (Å²) < 4.78 is 23.8. The fourth-order valence-electron chi connectivity index (χ4n) is 2.26. The van der Waals surface area contributed by atoms with Crippen molar-refractivity contribution < 1.29 is 21.8 Å². The number of nitriles is 1. The van der Waals surface area contributed by atoms with Gasteiger partial charge in [-0.25, -0.2) is 0 Å². The van der Waals surface area contributed by atoms with Gasteiger partial charge < -0.3 is 0 Å². The maximum absolute atomic E-state index is 11.2. The number of nitrogens with one attached hydrogen (secondary N) is 1. The normalized spacial score (nSPS) is 15.0. The van der Waals surface area contributed by atoms with Crippen LogP contribution in [-0.2, 0) is 12.4 Å². The van der Waals surface area contributed by atoms with Gasteiger partial charge in [0.1, 0.15) is 0 Å². The molecule has 8 heteroatoms. The number of benzene rings is 2. The summed E-state index contributed by atoms with van der Waals surface area (Å²) in [6.07, 6.45) is 2.60. The van der Waals surface area contributed by atoms with E-state index in [-0.39, 0.29) is 10.3 Å². The molecular formula is C18H19AsN2O5. The van der Waals surface area contributed by atoms with Crippen LogP contribution in [0.25, 0.3) is 0 Å². The monoisotopic (exact) mass is 418 g/mol. The number of amides is 1. The number of hydrogen-bond donors (Lipinski definition) is 3. The molecule has 3 N–H and O–H groups in total. The Morgan fingerprint density at radius 1 is 1.27 bits per heavy atom. The molecule has 0 radical (unpaired) electrons. The first kappa shape index (κ1) is 20.0. The van der Waals surface area contributed by atoms with Crippen molar-refractivity contribution in [2.45, 2.75) is 25.7 Å². The van der Waals surface area contributed by atoms with Crippen LogP contribution in [0.2, 0.25) is 0 Å². The molecule has 1 aliphatic carbocycles. The van der Waals surface area contributed by atoms with Crippen LogP contribution in [0.1, 0.15) is 36.8 Å². The van der Waals surface area contributed by atoms with Crippen LogP contribution in [0.15, 0.2) is 48.5 Å². The molecule has 1 aliphatic rings. The molecule has 2 aromatic rings. The third kappa shape index (κ3) is 5.87. The second-order valence-electron chi connectivity index (χ2n) is 5.84. The molecule has 0 spiro atoms. The van der Waals surface area contributed by atoms with E-state index in [1.165, 1.54) is 49.6 Å². The van der Waals surface area contributed by atoms with Gasteiger partial charge in [0, 0.05) is 0 Å². The van der Waals surface area contributed by atoms with E-state index in [9.17, 15) is 8.53 Å². The van der Waals surface area contributed by atoms with Crippen LogP contribution in [-0.4, -0.2) is 29.4 Å². The van der Waals surface area contributed by atoms with Crippen molar-refractivity contribution in [2.24, 2.45) is 0 Å². The third-order valence-corrected chi connectivity index (χ3v) is 6.15. The molecule has 1 saturated carbocycles. The van der Waals surface area contributed by atoms with E-state index in [1.807, 2.05) is 18.2 Å². The van der Waals surface area contributed by atoms with Crippen molar-refractivity contribution in [3.8, 4) is 6.07 Å². The molecule has 0 bridgehead atoms. The van der Waals surface area contributed by atoms with Gasteiger partial charge in [0.25, 0.3) is 0 Å². The summed E-state index contributed by atoms with van der Waals surface area (Å²) in [6, 6.07) is 15.6. The maximum atomic E-state index is 11.2. The second-order valence-corrected chi connectivity index (χ2v) is 9.45. The number of anilines is 1. The fraction of sp³-hybridized carbons (Fsp3) is 0.222. The summed E-state index contributed by atoms with van der Waals surface area (Å²) in [5, 5.41) is 19.3. The molecule has 0 aromatic heterocycles. The summed E-state index contributed by atoms with van der Waals surface area (Å²) in [5.74, 6) is 0.516. The van der Waals surface area contributed by atoms with Crippen LogP contribution < -0.4 is 9.67 Å². The van der Waals surface area contributed by atoms with Crippen molar-refractivity contribution in [1.29, 1.82) is 5.26 Å². The van der Waals surface area contributed by atoms with Crippen molar-refractivity contribution in [3.05, 3.63) is 59.7 Å². The maximum Gasteiger partial charge on any atom is 0.0991 e. The number of hydrogen-bond acceptors (Lipinski definition) is 5. The Morgan fingerprint density at radius 3 is 2.42 bits per heavy atom. The Kier molecular flexibility index (Phi) is 6.78. The molecule has 1 atom stereocenters. The van der Waals surface area contributed by atoms with E-state index in [0.29, 0.717) is 5.69 Å². The van der Waals surface area contributed by atoms with Gasteiger partial charge >= 0.3 is 88.4 Å². The van der Waals surface area contributed by atoms with Gasteiger partial charge in [0.2, 0.25) is 0 Å². The Morgan fingerprint density at radius 2 is 1.92 bits per heavy atom. The minimum atomic E-state index is -4.76. The molecule has 26 heavy (non-hydrogen) atoms. The van der Waals surface area contributed by atoms with Crippen LogP contribution in [0.5, 0.6) is 0 Å². The Balaban J connectivity index is 0.000000195. The average Bonchev–Trinajstić information content (AvgIpc) is 3.47. The summed E-state index contributed by atoms with van der Waals surface area (Å²) in [4.78, 5) is 10.7. The predicted molar refractivity (Wildman–Crippen MR) is 95.9 cm³/mol. The van der Waals surface area contributed by atoms with Gasteiger partial charge in [0.15, 0.2) is 0 Å². The van der Waals surface area contributed by atoms with Crippen LogP contribution >= 0.6 is 0 Å². The number of nitrogens with zero attached hydrogens (tertiary/aromatic N) is 1. The zero-order valence-corrected chi connectivity index (χ0v) is 16.0. The Labute approximate surface area is 154 Å². The molecule has 1 unspecified atom stereocenters. The van der Waals surface area contributed by atoms with E-state index < -0.39 is 14.2 Å². The largest absolute Gasteiger partial charge is 0.192 e. The zero-order valence-electron chi connectivity index (χ0n) is 14.1. The number of carbonyl (C=O) groups excluding carboxylic acids is 1. The summed E-state index contributed by atoms with van der Waals surface area (Å²) in [7, 11) is 0. The first-order chi connectivity index (χ1) is 12.4. The zero-order chi connectivity index (χ0) is 19.2. The van der Waals surface area contributed by atoms with Gasteiger partial charge in [-0.05, 0) is 36.5 Å². The van der Waals surface area contributed by atoms with Crippen LogP contribution in [0, 0.1) is 11.3 Å². The van der Waals surface area contributed by atoms with Gasteiger partial charge in [-0.3, -0.25) is 0 Å². The molecule has 3 rings (SSSR count). The molecule has 136 valence electrons. The topological polar surface area (TPSA) is 120 Å². The Bertz CT molecular complexity index is 857. The van der Waals surface area contributed by atoms with Crippen molar-refractivity contribution >= 4 is 30.1 Å². The predicted octanol–water partition coefficient (Wildman–Crippen LogP) is 2.14. The molecule has 2 aromatic carbocycles. The molecule has 0 heterocycles. The minimum absolute atomic E-state index is 0.00438. The third-order valence-electron chi connectivity index (χ3n) is 3.69. The molecule has 1 fully saturated rings. The molecule has 0 saturated heterocycles. The van der Waals surface area contributed by atoms with Crippen molar-refractivity contribution in [2.75, 3.05) is 5.32 Å². The van der Waals surface area contributed by atoms with E-state index in [2.05, 4.69) is 21.3 Å². The summed E-state index contributed by atoms with van der Waals surface area (Å²) >= 11 is -4.76. The molecule has 0 aliphatic heterocycles. The van der Waals surface area contributed by atoms with E-state index in [0.717, 1.165) is 11.5 Å². The Hall–Kier alpha value is -2.36. The van der Waals surface area contributed by atoms with E-state index in [1.54, 1.807) is 0 Å². The van der Waals surface area contributed by atoms with Crippen molar-refractivity contribution in [3.63, 3.8) is 0 Å². The minimum Gasteiger partial charge on any atom is -0.192 e.